The van der Waals surface area contributed by atoms with Crippen molar-refractivity contribution in [3.63, 3.8) is 0 Å². The van der Waals surface area contributed by atoms with Crippen LogP contribution < -0.4 is 5.32 Å². The number of hydrogen-bond donors (Lipinski definition) is 2. The first-order valence-corrected chi connectivity index (χ1v) is 8.56. The first-order valence-electron chi connectivity index (χ1n) is 8.56. The molecule has 132 valence electrons. The number of likely N-dealkylation sites (tertiary alicyclic amines) is 1. The van der Waals surface area contributed by atoms with Gasteiger partial charge in [0.15, 0.2) is 17.2 Å². The van der Waals surface area contributed by atoms with Crippen LogP contribution in [0.4, 0.5) is 8.78 Å². The van der Waals surface area contributed by atoms with Crippen molar-refractivity contribution < 1.29 is 18.7 Å². The molecule has 1 aliphatic carbocycles. The highest BCUT2D eigenvalue weighted by atomic mass is 19.2. The highest BCUT2D eigenvalue weighted by molar-refractivity contribution is 5.86. The van der Waals surface area contributed by atoms with E-state index in [1.165, 1.54) is 19.1 Å². The van der Waals surface area contributed by atoms with E-state index in [4.69, 9.17) is 0 Å². The Kier molecular flexibility index (Phi) is 4.88. The van der Waals surface area contributed by atoms with Crippen LogP contribution in [0, 0.1) is 24.5 Å². The van der Waals surface area contributed by atoms with Crippen LogP contribution in [0.2, 0.25) is 0 Å². The number of nitrogens with one attached hydrogen (secondary N) is 1. The molecular weight excluding hydrogens is 314 g/mol. The maximum absolute atomic E-state index is 13.9. The number of hydrogen-bond acceptors (Lipinski definition) is 3. The van der Waals surface area contributed by atoms with E-state index in [0.29, 0.717) is 18.9 Å². The maximum Gasteiger partial charge on any atom is 0.255 e. The zero-order valence-corrected chi connectivity index (χ0v) is 13.9. The Hall–Kier alpha value is -1.53. The third-order valence-corrected chi connectivity index (χ3v) is 4.97. The van der Waals surface area contributed by atoms with Crippen LogP contribution in [0.3, 0.4) is 0 Å². The zero-order chi connectivity index (χ0) is 17.3. The van der Waals surface area contributed by atoms with Crippen LogP contribution in [-0.4, -0.2) is 41.1 Å². The van der Waals surface area contributed by atoms with Gasteiger partial charge in [-0.25, -0.2) is 8.78 Å². The van der Waals surface area contributed by atoms with Gasteiger partial charge < -0.3 is 15.3 Å². The second-order valence-electron chi connectivity index (χ2n) is 7.10. The second kappa shape index (κ2) is 6.76. The van der Waals surface area contributed by atoms with Gasteiger partial charge in [-0.2, -0.15) is 0 Å². The van der Waals surface area contributed by atoms with Crippen LogP contribution in [0.15, 0.2) is 12.1 Å². The molecule has 2 N–H and O–H groups in total. The van der Waals surface area contributed by atoms with Crippen LogP contribution in [-0.2, 0) is 11.3 Å². The lowest BCUT2D eigenvalue weighted by molar-refractivity contribution is -0.156. The molecule has 1 heterocycles. The highest BCUT2D eigenvalue weighted by Gasteiger charge is 2.43. The van der Waals surface area contributed by atoms with Gasteiger partial charge in [-0.3, -0.25) is 4.79 Å². The molecule has 1 atom stereocenters. The predicted octanol–water partition coefficient (Wildman–Crippen LogP) is 2.13. The summed E-state index contributed by atoms with van der Waals surface area (Å²) < 4.78 is 27.4. The Morgan fingerprint density at radius 3 is 2.79 bits per heavy atom. The Balaban J connectivity index is 1.58. The molecule has 2 aliphatic rings. The summed E-state index contributed by atoms with van der Waals surface area (Å²) in [6.07, 6.45) is 3.45. The van der Waals surface area contributed by atoms with Crippen LogP contribution in [0.1, 0.15) is 36.8 Å². The Morgan fingerprint density at radius 2 is 2.08 bits per heavy atom. The lowest BCUT2D eigenvalue weighted by atomic mass is 9.91. The lowest BCUT2D eigenvalue weighted by Gasteiger charge is -2.38. The van der Waals surface area contributed by atoms with Crippen LogP contribution >= 0.6 is 0 Å². The summed E-state index contributed by atoms with van der Waals surface area (Å²) in [7, 11) is 0. The van der Waals surface area contributed by atoms with E-state index in [1.54, 1.807) is 4.90 Å². The quantitative estimate of drug-likeness (QED) is 0.835. The van der Waals surface area contributed by atoms with Gasteiger partial charge in [0.2, 0.25) is 0 Å². The first-order chi connectivity index (χ1) is 11.4. The average molecular weight is 338 g/mol. The van der Waals surface area contributed by atoms with E-state index in [1.807, 2.05) is 0 Å². The summed E-state index contributed by atoms with van der Waals surface area (Å²) in [6, 6.07) is 3.04. The number of nitrogens with zero attached hydrogens (tertiary/aromatic N) is 1. The summed E-state index contributed by atoms with van der Waals surface area (Å²) in [5, 5.41) is 13.6. The number of aliphatic hydroxyl groups is 1. The SMILES string of the molecule is Cc1ccc(CNCC2(O)CCCN(CC3CC3)C2=O)c(F)c1F. The summed E-state index contributed by atoms with van der Waals surface area (Å²) in [5.74, 6) is -1.39. The molecule has 1 saturated heterocycles. The smallest absolute Gasteiger partial charge is 0.255 e. The molecule has 0 aromatic heterocycles. The number of aryl methyl sites for hydroxylation is 1. The standard InChI is InChI=1S/C18H24F2N2O2/c1-12-3-6-14(16(20)15(12)19)9-21-11-18(24)7-2-8-22(17(18)23)10-13-4-5-13/h3,6,13,21,24H,2,4-5,7-11H2,1H3. The van der Waals surface area contributed by atoms with Crippen molar-refractivity contribution in [3.05, 3.63) is 34.9 Å². The lowest BCUT2D eigenvalue weighted by Crippen LogP contribution is -2.58. The molecule has 1 aliphatic heterocycles. The van der Waals surface area contributed by atoms with Crippen LogP contribution in [0.25, 0.3) is 0 Å². The fraction of sp³-hybridized carbons (Fsp3) is 0.611. The van der Waals surface area contributed by atoms with Crippen molar-refractivity contribution in [1.29, 1.82) is 0 Å². The molecule has 3 rings (SSSR count). The van der Waals surface area contributed by atoms with Gasteiger partial charge in [-0.15, -0.1) is 0 Å². The number of halogens is 2. The molecule has 4 nitrogen and oxygen atoms in total. The normalized spacial score (nSPS) is 24.5. The fourth-order valence-electron chi connectivity index (χ4n) is 3.24. The molecular formula is C18H24F2N2O2. The summed E-state index contributed by atoms with van der Waals surface area (Å²) >= 11 is 0. The third-order valence-electron chi connectivity index (χ3n) is 4.97. The largest absolute Gasteiger partial charge is 0.379 e. The topological polar surface area (TPSA) is 52.6 Å². The van der Waals surface area contributed by atoms with E-state index in [9.17, 15) is 18.7 Å². The van der Waals surface area contributed by atoms with Crippen molar-refractivity contribution in [1.82, 2.24) is 10.2 Å². The molecule has 0 radical (unpaired) electrons. The van der Waals surface area contributed by atoms with E-state index in [0.717, 1.165) is 25.8 Å². The van der Waals surface area contributed by atoms with Crippen molar-refractivity contribution in [2.24, 2.45) is 5.92 Å². The van der Waals surface area contributed by atoms with Crippen molar-refractivity contribution in [2.75, 3.05) is 19.6 Å². The van der Waals surface area contributed by atoms with Gasteiger partial charge in [0.1, 0.15) is 0 Å². The zero-order valence-electron chi connectivity index (χ0n) is 13.9. The number of piperidine rings is 1. The van der Waals surface area contributed by atoms with Gasteiger partial charge in [0, 0.05) is 31.7 Å². The molecule has 24 heavy (non-hydrogen) atoms. The summed E-state index contributed by atoms with van der Waals surface area (Å²) in [4.78, 5) is 14.3. The molecule has 1 aromatic carbocycles. The second-order valence-corrected chi connectivity index (χ2v) is 7.10. The Morgan fingerprint density at radius 1 is 1.33 bits per heavy atom. The van der Waals surface area contributed by atoms with Gasteiger partial charge >= 0.3 is 0 Å². The molecule has 1 saturated carbocycles. The van der Waals surface area contributed by atoms with E-state index >= 15 is 0 Å². The first kappa shape index (κ1) is 17.3. The van der Waals surface area contributed by atoms with Gasteiger partial charge in [-0.1, -0.05) is 12.1 Å². The molecule has 6 heteroatoms. The Bertz CT molecular complexity index is 634. The van der Waals surface area contributed by atoms with Gasteiger partial charge in [0.25, 0.3) is 5.91 Å². The molecule has 0 bridgehead atoms. The third kappa shape index (κ3) is 3.59. The minimum absolute atomic E-state index is 0.0436. The number of carbonyl (C=O) groups is 1. The minimum Gasteiger partial charge on any atom is -0.379 e. The number of carbonyl (C=O) groups excluding carboxylic acids is 1. The van der Waals surface area contributed by atoms with Crippen LogP contribution in [0.5, 0.6) is 0 Å². The molecule has 1 aromatic rings. The average Bonchev–Trinajstić information content (AvgIpc) is 3.36. The highest BCUT2D eigenvalue weighted by Crippen LogP contribution is 2.32. The molecule has 1 amide bonds. The van der Waals surface area contributed by atoms with E-state index in [-0.39, 0.29) is 30.1 Å². The number of benzene rings is 1. The summed E-state index contributed by atoms with van der Waals surface area (Å²) in [6.45, 7) is 3.03. The predicted molar refractivity (Wildman–Crippen MR) is 86.3 cm³/mol. The minimum atomic E-state index is -1.45. The number of rotatable bonds is 6. The molecule has 0 spiro atoms. The van der Waals surface area contributed by atoms with E-state index < -0.39 is 17.2 Å². The fourth-order valence-corrected chi connectivity index (χ4v) is 3.24. The monoisotopic (exact) mass is 338 g/mol. The van der Waals surface area contributed by atoms with Crippen molar-refractivity contribution in [3.8, 4) is 0 Å². The molecule has 2 fully saturated rings. The summed E-state index contributed by atoms with van der Waals surface area (Å²) in [5.41, 5.74) is -1.000. The van der Waals surface area contributed by atoms with Crippen molar-refractivity contribution in [2.45, 2.75) is 44.8 Å². The van der Waals surface area contributed by atoms with Crippen molar-refractivity contribution >= 4 is 5.91 Å². The van der Waals surface area contributed by atoms with Gasteiger partial charge in [-0.05, 0) is 44.1 Å². The van der Waals surface area contributed by atoms with E-state index in [2.05, 4.69) is 5.32 Å². The Labute approximate surface area is 140 Å². The molecule has 1 unspecified atom stereocenters. The maximum atomic E-state index is 13.9. The number of amides is 1. The van der Waals surface area contributed by atoms with Gasteiger partial charge in [0.05, 0.1) is 0 Å².